The molecule has 1 amide bonds. The largest absolute Gasteiger partial charge is 0.478 e. The lowest BCUT2D eigenvalue weighted by Gasteiger charge is -2.07. The number of anilines is 1. The molecule has 0 aliphatic rings. The fourth-order valence-corrected chi connectivity index (χ4v) is 3.48. The molecular formula is C20H17NO3S. The van der Waals surface area contributed by atoms with Crippen LogP contribution in [-0.4, -0.2) is 17.0 Å². The minimum Gasteiger partial charge on any atom is -0.478 e. The van der Waals surface area contributed by atoms with Crippen LogP contribution in [0.1, 0.15) is 31.8 Å². The molecule has 3 aromatic rings. The Morgan fingerprint density at radius 1 is 0.920 bits per heavy atom. The second-order valence-electron chi connectivity index (χ2n) is 5.84. The van der Waals surface area contributed by atoms with Gasteiger partial charge in [0.1, 0.15) is 5.56 Å². The van der Waals surface area contributed by atoms with Crippen LogP contribution >= 0.6 is 11.3 Å². The summed E-state index contributed by atoms with van der Waals surface area (Å²) in [6, 6.07) is 14.8. The smallest absolute Gasteiger partial charge is 0.339 e. The molecule has 2 N–H and O–H groups in total. The van der Waals surface area contributed by atoms with Crippen LogP contribution in [0.4, 0.5) is 5.69 Å². The number of thiophene rings is 1. The number of aryl methyl sites for hydroxylation is 2. The fraction of sp³-hybridized carbons (Fsp3) is 0.100. The predicted molar refractivity (Wildman–Crippen MR) is 101 cm³/mol. The Morgan fingerprint density at radius 3 is 2.04 bits per heavy atom. The third-order valence-electron chi connectivity index (χ3n) is 3.88. The van der Waals surface area contributed by atoms with Gasteiger partial charge in [0.25, 0.3) is 5.91 Å². The Balaban J connectivity index is 1.94. The van der Waals surface area contributed by atoms with Crippen LogP contribution in [0.15, 0.2) is 53.9 Å². The molecule has 126 valence electrons. The Kier molecular flexibility index (Phi) is 4.67. The number of carboxylic acids is 1. The highest BCUT2D eigenvalue weighted by atomic mass is 32.1. The van der Waals surface area contributed by atoms with Crippen molar-refractivity contribution in [2.45, 2.75) is 13.8 Å². The molecule has 2 aromatic carbocycles. The Labute approximate surface area is 149 Å². The van der Waals surface area contributed by atoms with Crippen LogP contribution in [0.5, 0.6) is 0 Å². The molecule has 25 heavy (non-hydrogen) atoms. The van der Waals surface area contributed by atoms with E-state index in [4.69, 9.17) is 0 Å². The topological polar surface area (TPSA) is 66.4 Å². The normalized spacial score (nSPS) is 10.5. The summed E-state index contributed by atoms with van der Waals surface area (Å²) in [5.74, 6) is -1.38. The number of carboxylic acid groups (broad SMARTS) is 1. The van der Waals surface area contributed by atoms with E-state index in [0.717, 1.165) is 16.7 Å². The number of carbonyl (C=O) groups is 2. The number of nitrogens with one attached hydrogen (secondary N) is 1. The van der Waals surface area contributed by atoms with Crippen molar-refractivity contribution in [1.82, 2.24) is 0 Å². The zero-order valence-electron chi connectivity index (χ0n) is 13.9. The van der Waals surface area contributed by atoms with Crippen molar-refractivity contribution in [1.29, 1.82) is 0 Å². The Hall–Kier alpha value is -2.92. The average Bonchev–Trinajstić information content (AvgIpc) is 3.00. The van der Waals surface area contributed by atoms with Crippen LogP contribution in [0.3, 0.4) is 0 Å². The van der Waals surface area contributed by atoms with Gasteiger partial charge in [-0.25, -0.2) is 4.79 Å². The van der Waals surface area contributed by atoms with Crippen molar-refractivity contribution in [2.24, 2.45) is 0 Å². The van der Waals surface area contributed by atoms with Gasteiger partial charge in [-0.3, -0.25) is 4.79 Å². The molecule has 1 aromatic heterocycles. The number of amides is 1. The van der Waals surface area contributed by atoms with E-state index in [-0.39, 0.29) is 11.5 Å². The number of carbonyl (C=O) groups excluding carboxylic acids is 1. The molecule has 0 saturated carbocycles. The molecule has 0 spiro atoms. The van der Waals surface area contributed by atoms with Crippen molar-refractivity contribution in [3.05, 3.63) is 76.2 Å². The maximum Gasteiger partial charge on any atom is 0.339 e. The second-order valence-corrected chi connectivity index (χ2v) is 6.72. The van der Waals surface area contributed by atoms with Gasteiger partial charge in [-0.15, -0.1) is 11.3 Å². The lowest BCUT2D eigenvalue weighted by Crippen LogP contribution is -2.14. The van der Waals surface area contributed by atoms with Crippen LogP contribution in [-0.2, 0) is 0 Å². The van der Waals surface area contributed by atoms with Gasteiger partial charge in [-0.1, -0.05) is 47.5 Å². The monoisotopic (exact) mass is 351 g/mol. The van der Waals surface area contributed by atoms with E-state index in [1.807, 2.05) is 50.2 Å². The number of benzene rings is 2. The predicted octanol–water partition coefficient (Wildman–Crippen LogP) is 4.98. The third-order valence-corrected chi connectivity index (χ3v) is 4.91. The van der Waals surface area contributed by atoms with Gasteiger partial charge in [0.15, 0.2) is 0 Å². The first kappa shape index (κ1) is 16.9. The summed E-state index contributed by atoms with van der Waals surface area (Å²) in [5, 5.41) is 14.0. The summed E-state index contributed by atoms with van der Waals surface area (Å²) in [7, 11) is 0. The molecule has 1 heterocycles. The summed E-state index contributed by atoms with van der Waals surface area (Å²) in [5.41, 5.74) is 3.91. The Bertz CT molecular complexity index is 925. The quantitative estimate of drug-likeness (QED) is 0.696. The number of hydrogen-bond acceptors (Lipinski definition) is 3. The lowest BCUT2D eigenvalue weighted by molar-refractivity contribution is 0.0699. The van der Waals surface area contributed by atoms with Gasteiger partial charge in [0, 0.05) is 10.9 Å². The van der Waals surface area contributed by atoms with Crippen molar-refractivity contribution >= 4 is 28.9 Å². The molecule has 0 atom stereocenters. The van der Waals surface area contributed by atoms with Crippen LogP contribution in [0.25, 0.3) is 10.4 Å². The second kappa shape index (κ2) is 6.91. The molecule has 0 fully saturated rings. The summed E-state index contributed by atoms with van der Waals surface area (Å²) >= 11 is 1.31. The van der Waals surface area contributed by atoms with Crippen LogP contribution in [0, 0.1) is 13.8 Å². The molecule has 5 heteroatoms. The fourth-order valence-electron chi connectivity index (χ4n) is 2.48. The van der Waals surface area contributed by atoms with Gasteiger partial charge >= 0.3 is 5.97 Å². The van der Waals surface area contributed by atoms with E-state index in [0.29, 0.717) is 16.1 Å². The molecule has 0 unspecified atom stereocenters. The summed E-state index contributed by atoms with van der Waals surface area (Å²) < 4.78 is 0. The highest BCUT2D eigenvalue weighted by Gasteiger charge is 2.21. The molecule has 0 bridgehead atoms. The molecule has 0 saturated heterocycles. The van der Waals surface area contributed by atoms with E-state index in [9.17, 15) is 14.7 Å². The maximum absolute atomic E-state index is 12.4. The van der Waals surface area contributed by atoms with Gasteiger partial charge in [0.05, 0.1) is 10.6 Å². The standard InChI is InChI=1S/C20H17NO3S/c1-12-3-7-14(8-4-12)18-17(20(23)24)16(11-25-18)21-19(22)15-9-5-13(2)6-10-15/h3-11H,1-2H3,(H,21,22)(H,23,24). The van der Waals surface area contributed by atoms with Gasteiger partial charge < -0.3 is 10.4 Å². The van der Waals surface area contributed by atoms with Gasteiger partial charge in [0.2, 0.25) is 0 Å². The first-order valence-corrected chi connectivity index (χ1v) is 8.63. The minimum atomic E-state index is -1.06. The van der Waals surface area contributed by atoms with E-state index in [1.54, 1.807) is 17.5 Å². The van der Waals surface area contributed by atoms with Crippen molar-refractivity contribution in [3.63, 3.8) is 0 Å². The molecule has 0 aliphatic heterocycles. The molecular weight excluding hydrogens is 334 g/mol. The summed E-state index contributed by atoms with van der Waals surface area (Å²) in [6.45, 7) is 3.92. The average molecular weight is 351 g/mol. The first-order chi connectivity index (χ1) is 12.0. The third kappa shape index (κ3) is 3.61. The van der Waals surface area contributed by atoms with Gasteiger partial charge in [-0.05, 0) is 31.5 Å². The number of hydrogen-bond donors (Lipinski definition) is 2. The Morgan fingerprint density at radius 2 is 1.48 bits per heavy atom. The first-order valence-electron chi connectivity index (χ1n) is 7.75. The zero-order chi connectivity index (χ0) is 18.0. The number of rotatable bonds is 4. The van der Waals surface area contributed by atoms with Crippen molar-refractivity contribution in [2.75, 3.05) is 5.32 Å². The molecule has 4 nitrogen and oxygen atoms in total. The molecule has 0 radical (unpaired) electrons. The highest BCUT2D eigenvalue weighted by Crippen LogP contribution is 2.36. The summed E-state index contributed by atoms with van der Waals surface area (Å²) in [4.78, 5) is 24.8. The minimum absolute atomic E-state index is 0.120. The van der Waals surface area contributed by atoms with E-state index in [2.05, 4.69) is 5.32 Å². The van der Waals surface area contributed by atoms with Crippen LogP contribution in [0.2, 0.25) is 0 Å². The molecule has 0 aliphatic carbocycles. The summed E-state index contributed by atoms with van der Waals surface area (Å²) in [6.07, 6.45) is 0. The van der Waals surface area contributed by atoms with Gasteiger partial charge in [-0.2, -0.15) is 0 Å². The SMILES string of the molecule is Cc1ccc(C(=O)Nc2csc(-c3ccc(C)cc3)c2C(=O)O)cc1. The lowest BCUT2D eigenvalue weighted by atomic mass is 10.1. The van der Waals surface area contributed by atoms with E-state index >= 15 is 0 Å². The van der Waals surface area contributed by atoms with Crippen molar-refractivity contribution < 1.29 is 14.7 Å². The number of aromatic carboxylic acids is 1. The van der Waals surface area contributed by atoms with E-state index in [1.165, 1.54) is 11.3 Å². The molecule has 3 rings (SSSR count). The maximum atomic E-state index is 12.4. The zero-order valence-corrected chi connectivity index (χ0v) is 14.7. The van der Waals surface area contributed by atoms with E-state index < -0.39 is 5.97 Å². The van der Waals surface area contributed by atoms with Crippen LogP contribution < -0.4 is 5.32 Å². The highest BCUT2D eigenvalue weighted by molar-refractivity contribution is 7.14. The van der Waals surface area contributed by atoms with Crippen molar-refractivity contribution in [3.8, 4) is 10.4 Å².